The summed E-state index contributed by atoms with van der Waals surface area (Å²) in [5.74, 6) is -3.65. The Kier molecular flexibility index (Phi) is 8.61. The minimum atomic E-state index is -1.82. The number of aromatic nitrogens is 1. The Morgan fingerprint density at radius 2 is 1.95 bits per heavy atom. The molecule has 1 heterocycles. The zero-order valence-corrected chi connectivity index (χ0v) is 13.7. The minimum Gasteiger partial charge on any atom is -0.473 e. The first kappa shape index (κ1) is 20.3. The topological polar surface area (TPSA) is 134 Å². The molecular formula is C13H23N3O5S. The third kappa shape index (κ3) is 5.96. The fourth-order valence-electron chi connectivity index (χ4n) is 2.02. The summed E-state index contributed by atoms with van der Waals surface area (Å²) in [6.45, 7) is 3.24. The molecule has 22 heavy (non-hydrogen) atoms. The van der Waals surface area contributed by atoms with Gasteiger partial charge < -0.3 is 25.9 Å². The van der Waals surface area contributed by atoms with Crippen molar-refractivity contribution in [2.45, 2.75) is 32.2 Å². The van der Waals surface area contributed by atoms with E-state index in [1.54, 1.807) is 0 Å². The zero-order chi connectivity index (χ0) is 16.0. The van der Waals surface area contributed by atoms with E-state index in [0.29, 0.717) is 6.04 Å². The predicted molar refractivity (Wildman–Crippen MR) is 84.8 cm³/mol. The number of thiazole rings is 1. The Morgan fingerprint density at radius 1 is 1.36 bits per heavy atom. The summed E-state index contributed by atoms with van der Waals surface area (Å²) in [6.07, 6.45) is 3.53. The summed E-state index contributed by atoms with van der Waals surface area (Å²) >= 11 is 1.85. The summed E-state index contributed by atoms with van der Waals surface area (Å²) in [5, 5.41) is 19.5. The Bertz CT molecular complexity index is 492. The Hall–Kier alpha value is -1.71. The molecule has 0 bridgehead atoms. The van der Waals surface area contributed by atoms with Gasteiger partial charge in [-0.1, -0.05) is 6.92 Å². The minimum absolute atomic E-state index is 0. The van der Waals surface area contributed by atoms with Gasteiger partial charge in [-0.25, -0.2) is 14.6 Å². The van der Waals surface area contributed by atoms with Crippen molar-refractivity contribution < 1.29 is 25.3 Å². The van der Waals surface area contributed by atoms with E-state index in [4.69, 9.17) is 19.8 Å². The molecule has 1 aromatic heterocycles. The van der Waals surface area contributed by atoms with E-state index in [1.807, 2.05) is 11.3 Å². The molecule has 1 aliphatic rings. The van der Waals surface area contributed by atoms with Crippen LogP contribution in [0.1, 0.15) is 23.9 Å². The molecule has 0 saturated carbocycles. The van der Waals surface area contributed by atoms with Gasteiger partial charge in [0.2, 0.25) is 0 Å². The van der Waals surface area contributed by atoms with Crippen molar-refractivity contribution in [3.05, 3.63) is 10.6 Å². The molecule has 5 N–H and O–H groups in total. The van der Waals surface area contributed by atoms with E-state index >= 15 is 0 Å². The number of carboxylic acids is 2. The van der Waals surface area contributed by atoms with Gasteiger partial charge in [0.1, 0.15) is 0 Å². The van der Waals surface area contributed by atoms with Gasteiger partial charge in [-0.15, -0.1) is 11.3 Å². The van der Waals surface area contributed by atoms with Gasteiger partial charge in [-0.2, -0.15) is 0 Å². The van der Waals surface area contributed by atoms with Crippen LogP contribution in [0.15, 0.2) is 0 Å². The number of aryl methyl sites for hydroxylation is 1. The summed E-state index contributed by atoms with van der Waals surface area (Å²) in [5.41, 5.74) is 1.33. The molecule has 2 rings (SSSR count). The second-order valence-corrected chi connectivity index (χ2v) is 5.93. The molecule has 126 valence electrons. The van der Waals surface area contributed by atoms with Gasteiger partial charge in [0.15, 0.2) is 5.13 Å². The molecule has 1 aliphatic carbocycles. The number of likely N-dealkylation sites (N-methyl/N-ethyl adjacent to an activating group) is 1. The highest BCUT2D eigenvalue weighted by Crippen LogP contribution is 2.30. The van der Waals surface area contributed by atoms with Crippen molar-refractivity contribution in [3.63, 3.8) is 0 Å². The molecule has 9 heteroatoms. The average Bonchev–Trinajstić information content (AvgIpc) is 2.83. The highest BCUT2D eigenvalue weighted by molar-refractivity contribution is 7.15. The third-order valence-electron chi connectivity index (χ3n) is 2.99. The fourth-order valence-corrected chi connectivity index (χ4v) is 3.12. The maximum atomic E-state index is 9.10. The van der Waals surface area contributed by atoms with Gasteiger partial charge in [0, 0.05) is 25.0 Å². The molecule has 1 aromatic rings. The van der Waals surface area contributed by atoms with Gasteiger partial charge >= 0.3 is 11.9 Å². The van der Waals surface area contributed by atoms with Crippen LogP contribution in [0.25, 0.3) is 0 Å². The molecule has 0 radical (unpaired) electrons. The van der Waals surface area contributed by atoms with E-state index in [1.165, 1.54) is 17.0 Å². The number of fused-ring (bicyclic) bond motifs is 1. The maximum absolute atomic E-state index is 9.10. The zero-order valence-electron chi connectivity index (χ0n) is 12.9. The van der Waals surface area contributed by atoms with Crippen LogP contribution in [-0.2, 0) is 22.4 Å². The predicted octanol–water partition coefficient (Wildman–Crippen LogP) is 0.00680. The summed E-state index contributed by atoms with van der Waals surface area (Å²) in [6, 6.07) is 0.665. The number of aliphatic carboxylic acids is 2. The normalized spacial score (nSPS) is 15.7. The number of anilines is 1. The smallest absolute Gasteiger partial charge is 0.414 e. The van der Waals surface area contributed by atoms with Crippen LogP contribution < -0.4 is 10.2 Å². The number of rotatable bonds is 3. The Morgan fingerprint density at radius 3 is 2.41 bits per heavy atom. The standard InChI is InChI=1S/C11H19N3S.C2H2O4.H2O/c1-4-12-8-5-6-9-10(7-8)15-11(13-9)14(2)3;3-1(4)2(5)6;/h8,12H,4-7H2,1-3H3;(H,3,4)(H,5,6);1H2. The van der Waals surface area contributed by atoms with E-state index in [0.717, 1.165) is 24.5 Å². The quantitative estimate of drug-likeness (QED) is 0.663. The fraction of sp³-hybridized carbons (Fsp3) is 0.615. The Balaban J connectivity index is 0.000000546. The second-order valence-electron chi connectivity index (χ2n) is 4.87. The van der Waals surface area contributed by atoms with Gasteiger partial charge in [-0.05, 0) is 25.8 Å². The van der Waals surface area contributed by atoms with Gasteiger partial charge in [0.25, 0.3) is 0 Å². The molecule has 0 saturated heterocycles. The number of nitrogens with one attached hydrogen (secondary N) is 1. The first-order chi connectivity index (χ1) is 9.85. The summed E-state index contributed by atoms with van der Waals surface area (Å²) < 4.78 is 0. The van der Waals surface area contributed by atoms with Crippen LogP contribution in [0.2, 0.25) is 0 Å². The SMILES string of the molecule is CCNC1CCc2nc(N(C)C)sc2C1.O.O=C(O)C(=O)O. The molecule has 1 atom stereocenters. The molecule has 0 fully saturated rings. The van der Waals surface area contributed by atoms with Crippen molar-refractivity contribution in [2.75, 3.05) is 25.5 Å². The summed E-state index contributed by atoms with van der Waals surface area (Å²) in [7, 11) is 4.12. The number of hydrogen-bond acceptors (Lipinski definition) is 6. The third-order valence-corrected chi connectivity index (χ3v) is 4.27. The van der Waals surface area contributed by atoms with Gasteiger partial charge in [0.05, 0.1) is 5.69 Å². The van der Waals surface area contributed by atoms with Crippen molar-refractivity contribution >= 4 is 28.4 Å². The lowest BCUT2D eigenvalue weighted by Crippen LogP contribution is -2.33. The van der Waals surface area contributed by atoms with E-state index in [-0.39, 0.29) is 5.48 Å². The lowest BCUT2D eigenvalue weighted by Gasteiger charge is -2.21. The highest BCUT2D eigenvalue weighted by atomic mass is 32.1. The maximum Gasteiger partial charge on any atom is 0.414 e. The van der Waals surface area contributed by atoms with Crippen LogP contribution in [0, 0.1) is 0 Å². The van der Waals surface area contributed by atoms with Crippen LogP contribution >= 0.6 is 11.3 Å². The molecule has 1 unspecified atom stereocenters. The van der Waals surface area contributed by atoms with E-state index < -0.39 is 11.9 Å². The largest absolute Gasteiger partial charge is 0.473 e. The molecule has 0 aromatic carbocycles. The van der Waals surface area contributed by atoms with E-state index in [9.17, 15) is 0 Å². The van der Waals surface area contributed by atoms with Crippen molar-refractivity contribution in [2.24, 2.45) is 0 Å². The molecule has 0 spiro atoms. The molecule has 0 aliphatic heterocycles. The van der Waals surface area contributed by atoms with Crippen LogP contribution in [0.3, 0.4) is 0 Å². The monoisotopic (exact) mass is 333 g/mol. The number of nitrogens with zero attached hydrogens (tertiary/aromatic N) is 2. The second kappa shape index (κ2) is 9.34. The van der Waals surface area contributed by atoms with Crippen LogP contribution in [0.4, 0.5) is 5.13 Å². The molecular weight excluding hydrogens is 310 g/mol. The molecule has 8 nitrogen and oxygen atoms in total. The van der Waals surface area contributed by atoms with Crippen molar-refractivity contribution in [3.8, 4) is 0 Å². The Labute approximate surface area is 133 Å². The number of carbonyl (C=O) groups is 2. The first-order valence-corrected chi connectivity index (χ1v) is 7.52. The highest BCUT2D eigenvalue weighted by Gasteiger charge is 2.22. The van der Waals surface area contributed by atoms with Crippen LogP contribution in [0.5, 0.6) is 0 Å². The van der Waals surface area contributed by atoms with E-state index in [2.05, 4.69) is 36.2 Å². The first-order valence-electron chi connectivity index (χ1n) is 6.70. The number of carboxylic acid groups (broad SMARTS) is 2. The van der Waals surface area contributed by atoms with Crippen molar-refractivity contribution in [1.29, 1.82) is 0 Å². The lowest BCUT2D eigenvalue weighted by atomic mass is 9.98. The van der Waals surface area contributed by atoms with Crippen molar-refractivity contribution in [1.82, 2.24) is 10.3 Å². The average molecular weight is 333 g/mol. The molecule has 0 amide bonds. The lowest BCUT2D eigenvalue weighted by molar-refractivity contribution is -0.159. The van der Waals surface area contributed by atoms with Gasteiger partial charge in [-0.3, -0.25) is 0 Å². The number of hydrogen-bond donors (Lipinski definition) is 3. The summed E-state index contributed by atoms with van der Waals surface area (Å²) in [4.78, 5) is 26.4. The van der Waals surface area contributed by atoms with Crippen LogP contribution in [-0.4, -0.2) is 59.3 Å².